The Morgan fingerprint density at radius 1 is 1.23 bits per heavy atom. The third kappa shape index (κ3) is 4.19. The molecule has 0 amide bonds. The van der Waals surface area contributed by atoms with Crippen molar-refractivity contribution in [1.29, 1.82) is 0 Å². The quantitative estimate of drug-likeness (QED) is 0.824. The predicted octanol–water partition coefficient (Wildman–Crippen LogP) is 3.85. The number of para-hydroxylation sites is 1. The van der Waals surface area contributed by atoms with E-state index in [4.69, 9.17) is 9.84 Å². The lowest BCUT2D eigenvalue weighted by atomic mass is 10.1. The van der Waals surface area contributed by atoms with E-state index in [2.05, 4.69) is 18.0 Å². The van der Waals surface area contributed by atoms with Gasteiger partial charge in [-0.15, -0.1) is 0 Å². The summed E-state index contributed by atoms with van der Waals surface area (Å²) in [6.45, 7) is 3.60. The third-order valence-electron chi connectivity index (χ3n) is 3.27. The van der Waals surface area contributed by atoms with E-state index in [0.29, 0.717) is 5.75 Å². The molecule has 0 aliphatic carbocycles. The van der Waals surface area contributed by atoms with Crippen LogP contribution in [-0.2, 0) is 11.2 Å². The topological polar surface area (TPSA) is 58.9 Å². The SMILES string of the molecule is CCc1ccccc1N=Cc1ccc(OC(C)C(=O)O)cc1. The van der Waals surface area contributed by atoms with Gasteiger partial charge in [0.25, 0.3) is 0 Å². The molecule has 2 aromatic rings. The molecule has 2 rings (SSSR count). The summed E-state index contributed by atoms with van der Waals surface area (Å²) in [7, 11) is 0. The maximum Gasteiger partial charge on any atom is 0.344 e. The molecule has 4 nitrogen and oxygen atoms in total. The molecular weight excluding hydrogens is 278 g/mol. The van der Waals surface area contributed by atoms with Crippen molar-refractivity contribution in [3.8, 4) is 5.75 Å². The smallest absolute Gasteiger partial charge is 0.344 e. The highest BCUT2D eigenvalue weighted by Gasteiger charge is 2.11. The van der Waals surface area contributed by atoms with Crippen LogP contribution < -0.4 is 4.74 Å². The second kappa shape index (κ2) is 7.41. The van der Waals surface area contributed by atoms with E-state index in [-0.39, 0.29) is 0 Å². The average Bonchev–Trinajstić information content (AvgIpc) is 2.54. The van der Waals surface area contributed by atoms with E-state index in [1.165, 1.54) is 12.5 Å². The normalized spacial score (nSPS) is 12.3. The summed E-state index contributed by atoms with van der Waals surface area (Å²) in [5.74, 6) is -0.456. The molecule has 0 heterocycles. The Morgan fingerprint density at radius 3 is 2.55 bits per heavy atom. The van der Waals surface area contributed by atoms with Crippen LogP contribution in [0.4, 0.5) is 5.69 Å². The van der Waals surface area contributed by atoms with Gasteiger partial charge in [0.1, 0.15) is 5.75 Å². The summed E-state index contributed by atoms with van der Waals surface area (Å²) in [5.41, 5.74) is 3.10. The van der Waals surface area contributed by atoms with Gasteiger partial charge in [-0.2, -0.15) is 0 Å². The number of benzene rings is 2. The van der Waals surface area contributed by atoms with Gasteiger partial charge in [-0.05, 0) is 54.8 Å². The zero-order valence-corrected chi connectivity index (χ0v) is 12.7. The highest BCUT2D eigenvalue weighted by molar-refractivity contribution is 5.82. The van der Waals surface area contributed by atoms with Gasteiger partial charge < -0.3 is 9.84 Å². The number of carboxylic acid groups (broad SMARTS) is 1. The number of nitrogens with zero attached hydrogens (tertiary/aromatic N) is 1. The van der Waals surface area contributed by atoms with Crippen molar-refractivity contribution in [2.24, 2.45) is 4.99 Å². The number of rotatable bonds is 6. The van der Waals surface area contributed by atoms with Gasteiger partial charge in [0.2, 0.25) is 0 Å². The van der Waals surface area contributed by atoms with Crippen LogP contribution in [0.5, 0.6) is 5.75 Å². The summed E-state index contributed by atoms with van der Waals surface area (Å²) >= 11 is 0. The number of aliphatic imine (C=N–C) groups is 1. The molecule has 4 heteroatoms. The van der Waals surface area contributed by atoms with Crippen LogP contribution in [-0.4, -0.2) is 23.4 Å². The van der Waals surface area contributed by atoms with Crippen molar-refractivity contribution in [3.63, 3.8) is 0 Å². The van der Waals surface area contributed by atoms with E-state index in [1.807, 2.05) is 30.3 Å². The average molecular weight is 297 g/mol. The summed E-state index contributed by atoms with van der Waals surface area (Å²) in [6.07, 6.45) is 1.86. The fraction of sp³-hybridized carbons (Fsp3) is 0.222. The highest BCUT2D eigenvalue weighted by Crippen LogP contribution is 2.19. The molecule has 0 aliphatic rings. The Labute approximate surface area is 130 Å². The Hall–Kier alpha value is -2.62. The molecule has 0 saturated carbocycles. The summed E-state index contributed by atoms with van der Waals surface area (Å²) in [4.78, 5) is 15.3. The van der Waals surface area contributed by atoms with Gasteiger partial charge in [0, 0.05) is 6.21 Å². The first kappa shape index (κ1) is 15.8. The number of hydrogen-bond acceptors (Lipinski definition) is 3. The van der Waals surface area contributed by atoms with Crippen LogP contribution in [0.15, 0.2) is 53.5 Å². The number of carboxylic acids is 1. The maximum atomic E-state index is 10.7. The first-order valence-electron chi connectivity index (χ1n) is 7.21. The predicted molar refractivity (Wildman–Crippen MR) is 87.2 cm³/mol. The van der Waals surface area contributed by atoms with Crippen molar-refractivity contribution < 1.29 is 14.6 Å². The van der Waals surface area contributed by atoms with Gasteiger partial charge in [0.05, 0.1) is 5.69 Å². The molecule has 0 spiro atoms. The molecule has 114 valence electrons. The lowest BCUT2D eigenvalue weighted by Crippen LogP contribution is -2.22. The number of ether oxygens (including phenoxy) is 1. The van der Waals surface area contributed by atoms with Gasteiger partial charge >= 0.3 is 5.97 Å². The number of carbonyl (C=O) groups is 1. The molecule has 2 aromatic carbocycles. The number of aliphatic carboxylic acids is 1. The van der Waals surface area contributed by atoms with Crippen LogP contribution in [0.3, 0.4) is 0 Å². The Morgan fingerprint density at radius 2 is 1.91 bits per heavy atom. The lowest BCUT2D eigenvalue weighted by molar-refractivity contribution is -0.144. The van der Waals surface area contributed by atoms with Crippen molar-refractivity contribution in [2.75, 3.05) is 0 Å². The van der Waals surface area contributed by atoms with E-state index in [0.717, 1.165) is 17.7 Å². The highest BCUT2D eigenvalue weighted by atomic mass is 16.5. The molecule has 0 saturated heterocycles. The molecule has 0 radical (unpaired) electrons. The summed E-state index contributed by atoms with van der Waals surface area (Å²) in [6, 6.07) is 15.2. The summed E-state index contributed by atoms with van der Waals surface area (Å²) < 4.78 is 5.29. The molecule has 1 atom stereocenters. The Bertz CT molecular complexity index is 662. The molecular formula is C18H19NO3. The second-order valence-corrected chi connectivity index (χ2v) is 4.91. The summed E-state index contributed by atoms with van der Waals surface area (Å²) in [5, 5.41) is 8.81. The zero-order valence-electron chi connectivity index (χ0n) is 12.7. The largest absolute Gasteiger partial charge is 0.479 e. The molecule has 0 bridgehead atoms. The number of aryl methyl sites for hydroxylation is 1. The third-order valence-corrected chi connectivity index (χ3v) is 3.27. The fourth-order valence-electron chi connectivity index (χ4n) is 1.97. The molecule has 0 fully saturated rings. The lowest BCUT2D eigenvalue weighted by Gasteiger charge is -2.10. The first-order valence-corrected chi connectivity index (χ1v) is 7.21. The Kier molecular flexibility index (Phi) is 5.31. The monoisotopic (exact) mass is 297 g/mol. The minimum atomic E-state index is -0.984. The molecule has 1 N–H and O–H groups in total. The van der Waals surface area contributed by atoms with Crippen molar-refractivity contribution >= 4 is 17.9 Å². The first-order chi connectivity index (χ1) is 10.6. The van der Waals surface area contributed by atoms with Gasteiger partial charge in [-0.1, -0.05) is 25.1 Å². The van der Waals surface area contributed by atoms with Crippen LogP contribution in [0, 0.1) is 0 Å². The van der Waals surface area contributed by atoms with E-state index in [1.54, 1.807) is 18.3 Å². The molecule has 0 aromatic heterocycles. The van der Waals surface area contributed by atoms with Crippen LogP contribution in [0.25, 0.3) is 0 Å². The van der Waals surface area contributed by atoms with Crippen LogP contribution >= 0.6 is 0 Å². The standard InChI is InChI=1S/C18H19NO3/c1-3-15-6-4-5-7-17(15)19-12-14-8-10-16(11-9-14)22-13(2)18(20)21/h4-13H,3H2,1-2H3,(H,20,21). The van der Waals surface area contributed by atoms with Crippen molar-refractivity contribution in [3.05, 3.63) is 59.7 Å². The number of hydrogen-bond donors (Lipinski definition) is 1. The molecule has 22 heavy (non-hydrogen) atoms. The van der Waals surface area contributed by atoms with Gasteiger partial charge in [0.15, 0.2) is 6.10 Å². The fourth-order valence-corrected chi connectivity index (χ4v) is 1.97. The Balaban J connectivity index is 2.08. The van der Waals surface area contributed by atoms with Crippen molar-refractivity contribution in [1.82, 2.24) is 0 Å². The molecule has 0 aliphatic heterocycles. The van der Waals surface area contributed by atoms with Crippen LogP contribution in [0.2, 0.25) is 0 Å². The van der Waals surface area contributed by atoms with Crippen LogP contribution in [0.1, 0.15) is 25.0 Å². The minimum Gasteiger partial charge on any atom is -0.479 e. The van der Waals surface area contributed by atoms with E-state index < -0.39 is 12.1 Å². The second-order valence-electron chi connectivity index (χ2n) is 4.91. The minimum absolute atomic E-state index is 0.529. The van der Waals surface area contributed by atoms with Gasteiger partial charge in [-0.25, -0.2) is 4.79 Å². The zero-order chi connectivity index (χ0) is 15.9. The van der Waals surface area contributed by atoms with E-state index >= 15 is 0 Å². The molecule has 1 unspecified atom stereocenters. The maximum absolute atomic E-state index is 10.7. The van der Waals surface area contributed by atoms with E-state index in [9.17, 15) is 4.79 Å². The van der Waals surface area contributed by atoms with Gasteiger partial charge in [-0.3, -0.25) is 4.99 Å². The van der Waals surface area contributed by atoms with Crippen molar-refractivity contribution in [2.45, 2.75) is 26.4 Å².